The van der Waals surface area contributed by atoms with Gasteiger partial charge in [0.1, 0.15) is 11.5 Å². The number of amides is 1. The SMILES string of the molecule is CCNc1cncc(C(=O)Nc2cc(C#N)ccc2C)n1. The molecule has 0 fully saturated rings. The highest BCUT2D eigenvalue weighted by Crippen LogP contribution is 2.17. The summed E-state index contributed by atoms with van der Waals surface area (Å²) < 4.78 is 0. The van der Waals surface area contributed by atoms with Crippen LogP contribution in [-0.2, 0) is 0 Å². The molecule has 1 aromatic heterocycles. The van der Waals surface area contributed by atoms with Crippen molar-refractivity contribution in [1.82, 2.24) is 9.97 Å². The van der Waals surface area contributed by atoms with E-state index in [0.717, 1.165) is 5.56 Å². The van der Waals surface area contributed by atoms with Gasteiger partial charge in [0.15, 0.2) is 0 Å². The molecule has 21 heavy (non-hydrogen) atoms. The van der Waals surface area contributed by atoms with E-state index < -0.39 is 0 Å². The number of benzene rings is 1. The summed E-state index contributed by atoms with van der Waals surface area (Å²) in [4.78, 5) is 20.4. The Labute approximate surface area is 122 Å². The van der Waals surface area contributed by atoms with E-state index >= 15 is 0 Å². The lowest BCUT2D eigenvalue weighted by molar-refractivity contribution is 0.102. The Hall–Kier alpha value is -2.94. The maximum absolute atomic E-state index is 12.2. The van der Waals surface area contributed by atoms with Gasteiger partial charge in [-0.05, 0) is 31.5 Å². The summed E-state index contributed by atoms with van der Waals surface area (Å²) in [5, 5.41) is 14.7. The normalized spacial score (nSPS) is 9.76. The van der Waals surface area contributed by atoms with Gasteiger partial charge in [-0.3, -0.25) is 9.78 Å². The van der Waals surface area contributed by atoms with Crippen molar-refractivity contribution in [1.29, 1.82) is 5.26 Å². The highest BCUT2D eigenvalue weighted by atomic mass is 16.1. The second-order valence-electron chi connectivity index (χ2n) is 4.42. The molecule has 0 aliphatic rings. The first-order chi connectivity index (χ1) is 10.1. The summed E-state index contributed by atoms with van der Waals surface area (Å²) >= 11 is 0. The first-order valence-electron chi connectivity index (χ1n) is 6.52. The van der Waals surface area contributed by atoms with Crippen LogP contribution < -0.4 is 10.6 Å². The molecule has 1 aromatic carbocycles. The molecular formula is C15H15N5O. The molecule has 6 heteroatoms. The topological polar surface area (TPSA) is 90.7 Å². The standard InChI is InChI=1S/C15H15N5O/c1-3-18-14-9-17-8-13(19-14)15(21)20-12-6-11(7-16)5-4-10(12)2/h4-6,8-9H,3H2,1-2H3,(H,18,19)(H,20,21). The van der Waals surface area contributed by atoms with E-state index in [-0.39, 0.29) is 11.6 Å². The molecule has 0 bridgehead atoms. The summed E-state index contributed by atoms with van der Waals surface area (Å²) in [5.74, 6) is 0.188. The minimum Gasteiger partial charge on any atom is -0.369 e. The largest absolute Gasteiger partial charge is 0.369 e. The molecule has 0 atom stereocenters. The highest BCUT2D eigenvalue weighted by molar-refractivity contribution is 6.03. The van der Waals surface area contributed by atoms with Crippen LogP contribution in [0, 0.1) is 18.3 Å². The summed E-state index contributed by atoms with van der Waals surface area (Å²) in [7, 11) is 0. The number of nitrogens with zero attached hydrogens (tertiary/aromatic N) is 3. The van der Waals surface area contributed by atoms with Gasteiger partial charge in [-0.2, -0.15) is 5.26 Å². The van der Waals surface area contributed by atoms with Crippen molar-refractivity contribution in [2.75, 3.05) is 17.2 Å². The Kier molecular flexibility index (Phi) is 4.46. The zero-order valence-corrected chi connectivity index (χ0v) is 11.8. The minimum atomic E-state index is -0.361. The Morgan fingerprint density at radius 3 is 2.90 bits per heavy atom. The van der Waals surface area contributed by atoms with E-state index in [1.165, 1.54) is 6.20 Å². The Morgan fingerprint density at radius 2 is 2.19 bits per heavy atom. The Morgan fingerprint density at radius 1 is 1.38 bits per heavy atom. The van der Waals surface area contributed by atoms with Gasteiger partial charge in [-0.25, -0.2) is 4.98 Å². The molecule has 0 unspecified atom stereocenters. The average Bonchev–Trinajstić information content (AvgIpc) is 2.50. The first kappa shape index (κ1) is 14.5. The maximum Gasteiger partial charge on any atom is 0.275 e. The zero-order chi connectivity index (χ0) is 15.2. The molecule has 2 rings (SSSR count). The van der Waals surface area contributed by atoms with Crippen molar-refractivity contribution in [3.63, 3.8) is 0 Å². The van der Waals surface area contributed by atoms with Crippen LogP contribution in [0.4, 0.5) is 11.5 Å². The van der Waals surface area contributed by atoms with Crippen molar-refractivity contribution in [2.24, 2.45) is 0 Å². The van der Waals surface area contributed by atoms with Gasteiger partial charge in [-0.1, -0.05) is 6.07 Å². The van der Waals surface area contributed by atoms with Crippen LogP contribution >= 0.6 is 0 Å². The molecule has 2 N–H and O–H groups in total. The fourth-order valence-electron chi connectivity index (χ4n) is 1.75. The molecule has 0 radical (unpaired) electrons. The zero-order valence-electron chi connectivity index (χ0n) is 11.8. The van der Waals surface area contributed by atoms with Crippen LogP contribution in [0.2, 0.25) is 0 Å². The molecule has 0 aliphatic heterocycles. The molecule has 1 amide bonds. The number of carbonyl (C=O) groups is 1. The number of carbonyl (C=O) groups excluding carboxylic acids is 1. The van der Waals surface area contributed by atoms with Crippen molar-refractivity contribution in [3.05, 3.63) is 47.4 Å². The van der Waals surface area contributed by atoms with Crippen molar-refractivity contribution in [2.45, 2.75) is 13.8 Å². The van der Waals surface area contributed by atoms with Gasteiger partial charge in [0.25, 0.3) is 5.91 Å². The minimum absolute atomic E-state index is 0.218. The predicted octanol–water partition coefficient (Wildman–Crippen LogP) is 2.34. The molecule has 0 saturated carbocycles. The number of nitriles is 1. The Bertz CT molecular complexity index is 705. The maximum atomic E-state index is 12.2. The summed E-state index contributed by atoms with van der Waals surface area (Å²) in [6, 6.07) is 7.17. The summed E-state index contributed by atoms with van der Waals surface area (Å²) in [5.41, 5.74) is 2.17. The molecule has 6 nitrogen and oxygen atoms in total. The van der Waals surface area contributed by atoms with Crippen molar-refractivity contribution >= 4 is 17.4 Å². The van der Waals surface area contributed by atoms with Gasteiger partial charge in [-0.15, -0.1) is 0 Å². The van der Waals surface area contributed by atoms with Crippen LogP contribution in [-0.4, -0.2) is 22.4 Å². The smallest absolute Gasteiger partial charge is 0.275 e. The van der Waals surface area contributed by atoms with E-state index in [9.17, 15) is 4.79 Å². The predicted molar refractivity (Wildman–Crippen MR) is 80.0 cm³/mol. The number of anilines is 2. The fraction of sp³-hybridized carbons (Fsp3) is 0.200. The van der Waals surface area contributed by atoms with Gasteiger partial charge in [0, 0.05) is 12.2 Å². The number of hydrogen-bond acceptors (Lipinski definition) is 5. The quantitative estimate of drug-likeness (QED) is 0.897. The highest BCUT2D eigenvalue weighted by Gasteiger charge is 2.11. The summed E-state index contributed by atoms with van der Waals surface area (Å²) in [6.45, 7) is 4.49. The lowest BCUT2D eigenvalue weighted by Gasteiger charge is -2.09. The molecule has 0 spiro atoms. The van der Waals surface area contributed by atoms with E-state index in [4.69, 9.17) is 5.26 Å². The number of rotatable bonds is 4. The van der Waals surface area contributed by atoms with Gasteiger partial charge in [0.05, 0.1) is 24.0 Å². The number of aryl methyl sites for hydroxylation is 1. The average molecular weight is 281 g/mol. The van der Waals surface area contributed by atoms with E-state index in [1.54, 1.807) is 24.4 Å². The van der Waals surface area contributed by atoms with Crippen LogP contribution in [0.15, 0.2) is 30.6 Å². The van der Waals surface area contributed by atoms with Gasteiger partial charge in [0.2, 0.25) is 0 Å². The van der Waals surface area contributed by atoms with E-state index in [0.29, 0.717) is 23.6 Å². The number of aromatic nitrogens is 2. The first-order valence-corrected chi connectivity index (χ1v) is 6.52. The van der Waals surface area contributed by atoms with Gasteiger partial charge < -0.3 is 10.6 Å². The number of hydrogen-bond donors (Lipinski definition) is 2. The monoisotopic (exact) mass is 281 g/mol. The molecule has 1 heterocycles. The van der Waals surface area contributed by atoms with Crippen molar-refractivity contribution in [3.8, 4) is 6.07 Å². The van der Waals surface area contributed by atoms with E-state index in [2.05, 4.69) is 20.6 Å². The molecule has 106 valence electrons. The van der Waals surface area contributed by atoms with Gasteiger partial charge >= 0.3 is 0 Å². The third-order valence-electron chi connectivity index (χ3n) is 2.84. The molecule has 2 aromatic rings. The van der Waals surface area contributed by atoms with Crippen LogP contribution in [0.1, 0.15) is 28.5 Å². The molecular weight excluding hydrogens is 266 g/mol. The summed E-state index contributed by atoms with van der Waals surface area (Å²) in [6.07, 6.45) is 2.96. The van der Waals surface area contributed by atoms with Crippen LogP contribution in [0.3, 0.4) is 0 Å². The van der Waals surface area contributed by atoms with E-state index in [1.807, 2.05) is 19.9 Å². The third kappa shape index (κ3) is 3.54. The van der Waals surface area contributed by atoms with Crippen LogP contribution in [0.5, 0.6) is 0 Å². The lowest BCUT2D eigenvalue weighted by atomic mass is 10.1. The Balaban J connectivity index is 2.22. The van der Waals surface area contributed by atoms with Crippen molar-refractivity contribution < 1.29 is 4.79 Å². The lowest BCUT2D eigenvalue weighted by Crippen LogP contribution is -2.16. The third-order valence-corrected chi connectivity index (χ3v) is 2.84. The number of nitrogens with one attached hydrogen (secondary N) is 2. The second kappa shape index (κ2) is 6.48. The second-order valence-corrected chi connectivity index (χ2v) is 4.42. The molecule has 0 aliphatic carbocycles. The molecule has 0 saturated heterocycles. The van der Waals surface area contributed by atoms with Crippen LogP contribution in [0.25, 0.3) is 0 Å². The fourth-order valence-corrected chi connectivity index (χ4v) is 1.75.